The van der Waals surface area contributed by atoms with Gasteiger partial charge in [0.25, 0.3) is 0 Å². The number of hydrogen-bond acceptors (Lipinski definition) is 3. The number of aliphatic hydroxyl groups excluding tert-OH is 2. The highest BCUT2D eigenvalue weighted by atomic mass is 16.4. The number of benzene rings is 1. The maximum Gasteiger partial charge on any atom is 0.326 e. The van der Waals surface area contributed by atoms with Crippen LogP contribution < -0.4 is 10.2 Å². The number of carbonyl (C=O) groups is 1. The zero-order valence-electron chi connectivity index (χ0n) is 7.29. The molecule has 1 heterocycles. The predicted octanol–water partition coefficient (Wildman–Crippen LogP) is -0.147. The minimum atomic E-state index is -1.23. The van der Waals surface area contributed by atoms with Gasteiger partial charge in [0.05, 0.1) is 0 Å². The summed E-state index contributed by atoms with van der Waals surface area (Å²) in [4.78, 5) is 12.4. The average molecular weight is 194 g/mol. The van der Waals surface area contributed by atoms with E-state index in [9.17, 15) is 15.0 Å². The topological polar surface area (TPSA) is 72.8 Å². The number of amides is 2. The van der Waals surface area contributed by atoms with Crippen LogP contribution in [0.15, 0.2) is 30.3 Å². The number of urea groups is 1. The average Bonchev–Trinajstić information content (AvgIpc) is 2.43. The molecule has 5 nitrogen and oxygen atoms in total. The Morgan fingerprint density at radius 2 is 1.86 bits per heavy atom. The van der Waals surface area contributed by atoms with Gasteiger partial charge in [0.2, 0.25) is 0 Å². The van der Waals surface area contributed by atoms with Crippen molar-refractivity contribution in [3.8, 4) is 0 Å². The SMILES string of the molecule is O=C1N[C@@H](O)[C@@H](O)N1c1ccccc1. The zero-order valence-corrected chi connectivity index (χ0v) is 7.29. The highest BCUT2D eigenvalue weighted by molar-refractivity contribution is 5.94. The maximum absolute atomic E-state index is 11.3. The Bertz CT molecular complexity index is 341. The molecule has 0 unspecified atom stereocenters. The zero-order chi connectivity index (χ0) is 10.1. The number of nitrogens with zero attached hydrogens (tertiary/aromatic N) is 1. The van der Waals surface area contributed by atoms with Crippen LogP contribution in [0.2, 0.25) is 0 Å². The summed E-state index contributed by atoms with van der Waals surface area (Å²) in [7, 11) is 0. The van der Waals surface area contributed by atoms with Gasteiger partial charge in [-0.15, -0.1) is 0 Å². The molecule has 1 fully saturated rings. The van der Waals surface area contributed by atoms with Crippen molar-refractivity contribution in [2.24, 2.45) is 0 Å². The molecule has 1 aliphatic heterocycles. The number of rotatable bonds is 1. The quantitative estimate of drug-likeness (QED) is 0.582. The van der Waals surface area contributed by atoms with Gasteiger partial charge in [-0.1, -0.05) is 18.2 Å². The van der Waals surface area contributed by atoms with Crippen LogP contribution in [0, 0.1) is 0 Å². The fourth-order valence-electron chi connectivity index (χ4n) is 1.39. The summed E-state index contributed by atoms with van der Waals surface area (Å²) in [5.41, 5.74) is 0.550. The van der Waals surface area contributed by atoms with Crippen LogP contribution in [0.25, 0.3) is 0 Å². The van der Waals surface area contributed by atoms with E-state index in [0.29, 0.717) is 5.69 Å². The molecule has 1 aliphatic rings. The van der Waals surface area contributed by atoms with Gasteiger partial charge >= 0.3 is 6.03 Å². The molecule has 0 saturated carbocycles. The molecule has 1 saturated heterocycles. The van der Waals surface area contributed by atoms with Crippen molar-refractivity contribution in [1.82, 2.24) is 5.32 Å². The highest BCUT2D eigenvalue weighted by Gasteiger charge is 2.37. The van der Waals surface area contributed by atoms with Crippen LogP contribution in [-0.2, 0) is 0 Å². The summed E-state index contributed by atoms with van der Waals surface area (Å²) >= 11 is 0. The molecule has 5 heteroatoms. The summed E-state index contributed by atoms with van der Waals surface area (Å²) in [5.74, 6) is 0. The summed E-state index contributed by atoms with van der Waals surface area (Å²) in [6, 6.07) is 8.17. The Balaban J connectivity index is 2.31. The predicted molar refractivity (Wildman–Crippen MR) is 49.5 cm³/mol. The van der Waals surface area contributed by atoms with E-state index in [4.69, 9.17) is 0 Å². The first-order valence-corrected chi connectivity index (χ1v) is 4.21. The molecule has 3 N–H and O–H groups in total. The molecule has 0 radical (unpaired) electrons. The van der Waals surface area contributed by atoms with Crippen LogP contribution in [0.3, 0.4) is 0 Å². The lowest BCUT2D eigenvalue weighted by Crippen LogP contribution is -2.36. The molecular formula is C9H10N2O3. The second kappa shape index (κ2) is 3.28. The van der Waals surface area contributed by atoms with Crippen LogP contribution in [0.1, 0.15) is 0 Å². The molecule has 14 heavy (non-hydrogen) atoms. The van der Waals surface area contributed by atoms with Crippen LogP contribution >= 0.6 is 0 Å². The minimum Gasteiger partial charge on any atom is -0.369 e. The van der Waals surface area contributed by atoms with Gasteiger partial charge in [-0.2, -0.15) is 0 Å². The molecular weight excluding hydrogens is 184 g/mol. The van der Waals surface area contributed by atoms with Crippen LogP contribution in [0.4, 0.5) is 10.5 Å². The first-order valence-electron chi connectivity index (χ1n) is 4.21. The lowest BCUT2D eigenvalue weighted by Gasteiger charge is -2.19. The second-order valence-corrected chi connectivity index (χ2v) is 3.01. The summed E-state index contributed by atoms with van der Waals surface area (Å²) < 4.78 is 0. The Kier molecular flexibility index (Phi) is 2.11. The molecule has 0 spiro atoms. The minimum absolute atomic E-state index is 0.504. The molecule has 0 aromatic heterocycles. The smallest absolute Gasteiger partial charge is 0.326 e. The fourth-order valence-corrected chi connectivity index (χ4v) is 1.39. The van der Waals surface area contributed by atoms with Crippen LogP contribution in [-0.4, -0.2) is 28.7 Å². The van der Waals surface area contributed by atoms with E-state index in [2.05, 4.69) is 5.32 Å². The van der Waals surface area contributed by atoms with E-state index in [-0.39, 0.29) is 0 Å². The summed E-state index contributed by atoms with van der Waals surface area (Å²) in [6.45, 7) is 0. The van der Waals surface area contributed by atoms with Crippen molar-refractivity contribution < 1.29 is 15.0 Å². The van der Waals surface area contributed by atoms with Crippen molar-refractivity contribution in [3.63, 3.8) is 0 Å². The van der Waals surface area contributed by atoms with Crippen molar-refractivity contribution >= 4 is 11.7 Å². The normalized spacial score (nSPS) is 26.4. The van der Waals surface area contributed by atoms with Crippen molar-refractivity contribution in [2.75, 3.05) is 4.90 Å². The van der Waals surface area contributed by atoms with Gasteiger partial charge in [-0.05, 0) is 12.1 Å². The summed E-state index contributed by atoms with van der Waals surface area (Å²) in [5, 5.41) is 20.9. The third-order valence-electron chi connectivity index (χ3n) is 2.07. The first-order chi connectivity index (χ1) is 6.70. The van der Waals surface area contributed by atoms with E-state index in [1.165, 1.54) is 0 Å². The molecule has 2 rings (SSSR count). The molecule has 2 amide bonds. The Morgan fingerprint density at radius 3 is 2.36 bits per heavy atom. The number of para-hydroxylation sites is 1. The Morgan fingerprint density at radius 1 is 1.21 bits per heavy atom. The van der Waals surface area contributed by atoms with Crippen molar-refractivity contribution in [1.29, 1.82) is 0 Å². The standard InChI is InChI=1S/C9H10N2O3/c12-7-8(13)11(9(14)10-7)6-4-2-1-3-5-6/h1-5,7-8,12-13H,(H,10,14)/t7-,8+/m0/s1. The third-order valence-corrected chi connectivity index (χ3v) is 2.07. The molecule has 1 aromatic rings. The third kappa shape index (κ3) is 1.32. The molecule has 2 atom stereocenters. The monoisotopic (exact) mass is 194 g/mol. The van der Waals surface area contributed by atoms with Gasteiger partial charge in [-0.3, -0.25) is 4.90 Å². The largest absolute Gasteiger partial charge is 0.369 e. The van der Waals surface area contributed by atoms with E-state index in [1.807, 2.05) is 0 Å². The van der Waals surface area contributed by atoms with E-state index >= 15 is 0 Å². The number of aliphatic hydroxyl groups is 2. The van der Waals surface area contributed by atoms with Gasteiger partial charge in [-0.25, -0.2) is 4.79 Å². The van der Waals surface area contributed by atoms with Gasteiger partial charge in [0.1, 0.15) is 0 Å². The van der Waals surface area contributed by atoms with Crippen molar-refractivity contribution in [2.45, 2.75) is 12.5 Å². The van der Waals surface area contributed by atoms with Gasteiger partial charge in [0.15, 0.2) is 12.5 Å². The number of carbonyl (C=O) groups excluding carboxylic acids is 1. The second-order valence-electron chi connectivity index (χ2n) is 3.01. The van der Waals surface area contributed by atoms with Crippen molar-refractivity contribution in [3.05, 3.63) is 30.3 Å². The first kappa shape index (κ1) is 8.98. The summed E-state index contributed by atoms with van der Waals surface area (Å²) in [6.07, 6.45) is -2.47. The van der Waals surface area contributed by atoms with E-state index < -0.39 is 18.5 Å². The lowest BCUT2D eigenvalue weighted by molar-refractivity contribution is 0.0331. The fraction of sp³-hybridized carbons (Fsp3) is 0.222. The maximum atomic E-state index is 11.3. The van der Waals surface area contributed by atoms with Gasteiger partial charge < -0.3 is 15.5 Å². The molecule has 0 bridgehead atoms. The molecule has 1 aromatic carbocycles. The molecule has 0 aliphatic carbocycles. The number of hydrogen-bond donors (Lipinski definition) is 3. The molecule has 74 valence electrons. The van der Waals surface area contributed by atoms with E-state index in [0.717, 1.165) is 4.90 Å². The Hall–Kier alpha value is -1.59. The number of nitrogens with one attached hydrogen (secondary N) is 1. The van der Waals surface area contributed by atoms with Gasteiger partial charge in [0, 0.05) is 5.69 Å². The highest BCUT2D eigenvalue weighted by Crippen LogP contribution is 2.20. The van der Waals surface area contributed by atoms with E-state index in [1.54, 1.807) is 30.3 Å². The Labute approximate surface area is 80.6 Å². The number of anilines is 1. The lowest BCUT2D eigenvalue weighted by atomic mass is 10.3. The van der Waals surface area contributed by atoms with Crippen LogP contribution in [0.5, 0.6) is 0 Å².